The minimum absolute atomic E-state index is 0.110. The third-order valence-corrected chi connectivity index (χ3v) is 5.10. The molecule has 0 aliphatic rings. The smallest absolute Gasteiger partial charge is 0.341 e. The van der Waals surface area contributed by atoms with Crippen LogP contribution in [-0.2, 0) is 9.53 Å². The number of esters is 1. The highest BCUT2D eigenvalue weighted by molar-refractivity contribution is 9.10. The normalized spacial score (nSPS) is 11.3. The van der Waals surface area contributed by atoms with Gasteiger partial charge in [-0.15, -0.1) is 11.3 Å². The number of nitrogens with one attached hydrogen (secondary N) is 1. The first-order chi connectivity index (χ1) is 11.6. The molecule has 0 aliphatic carbocycles. The van der Waals surface area contributed by atoms with E-state index in [1.165, 1.54) is 18.4 Å². The monoisotopic (exact) mass is 423 g/mol. The fourth-order valence-electron chi connectivity index (χ4n) is 2.55. The number of methoxy groups -OCH3 is 1. The number of hydrogen-bond donors (Lipinski definition) is 1. The molecule has 1 amide bonds. The van der Waals surface area contributed by atoms with Crippen molar-refractivity contribution in [3.05, 3.63) is 39.2 Å². The topological polar surface area (TPSA) is 55.4 Å². The van der Waals surface area contributed by atoms with Crippen LogP contribution in [0.5, 0.6) is 0 Å². The van der Waals surface area contributed by atoms with Crippen LogP contribution in [-0.4, -0.2) is 19.0 Å². The van der Waals surface area contributed by atoms with E-state index in [0.29, 0.717) is 17.0 Å². The lowest BCUT2D eigenvalue weighted by Gasteiger charge is -2.17. The molecule has 0 bridgehead atoms. The summed E-state index contributed by atoms with van der Waals surface area (Å²) in [5, 5.41) is 3.43. The first-order valence-electron chi connectivity index (χ1n) is 7.90. The number of aryl methyl sites for hydroxylation is 1. The Kier molecular flexibility index (Phi) is 6.06. The Morgan fingerprint density at radius 2 is 1.80 bits per heavy atom. The number of rotatable bonds is 4. The van der Waals surface area contributed by atoms with E-state index in [9.17, 15) is 9.59 Å². The Bertz CT molecular complexity index is 788. The summed E-state index contributed by atoms with van der Waals surface area (Å²) >= 11 is 4.81. The predicted molar refractivity (Wildman–Crippen MR) is 106 cm³/mol. The van der Waals surface area contributed by atoms with Gasteiger partial charge in [-0.25, -0.2) is 4.79 Å². The second-order valence-corrected chi connectivity index (χ2v) is 9.16. The molecule has 0 radical (unpaired) electrons. The molecule has 1 aromatic heterocycles. The van der Waals surface area contributed by atoms with Gasteiger partial charge in [0, 0.05) is 21.3 Å². The molecule has 0 saturated heterocycles. The summed E-state index contributed by atoms with van der Waals surface area (Å²) in [4.78, 5) is 25.7. The van der Waals surface area contributed by atoms with Crippen molar-refractivity contribution in [2.45, 2.75) is 34.1 Å². The Balaban J connectivity index is 2.48. The maximum atomic E-state index is 12.4. The van der Waals surface area contributed by atoms with E-state index in [1.807, 2.05) is 52.0 Å². The van der Waals surface area contributed by atoms with Crippen molar-refractivity contribution in [1.29, 1.82) is 0 Å². The quantitative estimate of drug-likeness (QED) is 0.646. The lowest BCUT2D eigenvalue weighted by molar-refractivity contribution is -0.117. The minimum atomic E-state index is -0.451. The summed E-state index contributed by atoms with van der Waals surface area (Å²) in [5.41, 5.74) is 2.00. The highest BCUT2D eigenvalue weighted by Crippen LogP contribution is 2.41. The zero-order valence-corrected chi connectivity index (χ0v) is 17.4. The molecule has 1 aromatic carbocycles. The fraction of sp³-hybridized carbons (Fsp3) is 0.368. The van der Waals surface area contributed by atoms with E-state index in [2.05, 4.69) is 21.2 Å². The molecule has 1 N–H and O–H groups in total. The van der Waals surface area contributed by atoms with E-state index in [-0.39, 0.29) is 11.3 Å². The van der Waals surface area contributed by atoms with Gasteiger partial charge in [0.25, 0.3) is 0 Å². The Labute approximate surface area is 160 Å². The van der Waals surface area contributed by atoms with Crippen LogP contribution in [0.2, 0.25) is 0 Å². The van der Waals surface area contributed by atoms with Gasteiger partial charge in [-0.05, 0) is 30.0 Å². The highest BCUT2D eigenvalue weighted by Gasteiger charge is 2.26. The van der Waals surface area contributed by atoms with Gasteiger partial charge < -0.3 is 10.1 Å². The van der Waals surface area contributed by atoms with Crippen LogP contribution >= 0.6 is 27.3 Å². The van der Waals surface area contributed by atoms with Crippen molar-refractivity contribution in [3.8, 4) is 11.1 Å². The third kappa shape index (κ3) is 4.92. The number of carbonyl (C=O) groups is 2. The van der Waals surface area contributed by atoms with Crippen molar-refractivity contribution in [3.63, 3.8) is 0 Å². The molecule has 0 aliphatic heterocycles. The number of anilines is 1. The van der Waals surface area contributed by atoms with Crippen molar-refractivity contribution in [2.24, 2.45) is 5.41 Å². The van der Waals surface area contributed by atoms with E-state index in [0.717, 1.165) is 20.5 Å². The van der Waals surface area contributed by atoms with E-state index >= 15 is 0 Å². The maximum absolute atomic E-state index is 12.4. The van der Waals surface area contributed by atoms with Crippen LogP contribution in [0.4, 0.5) is 5.00 Å². The van der Waals surface area contributed by atoms with Crippen molar-refractivity contribution in [1.82, 2.24) is 0 Å². The molecular weight excluding hydrogens is 402 g/mol. The highest BCUT2D eigenvalue weighted by atomic mass is 79.9. The van der Waals surface area contributed by atoms with Crippen LogP contribution in [0, 0.1) is 12.3 Å². The average Bonchev–Trinajstić information content (AvgIpc) is 2.81. The molecule has 0 saturated carbocycles. The Morgan fingerprint density at radius 3 is 2.32 bits per heavy atom. The summed E-state index contributed by atoms with van der Waals surface area (Å²) in [6.45, 7) is 7.94. The fourth-order valence-corrected chi connectivity index (χ4v) is 3.89. The first-order valence-corrected chi connectivity index (χ1v) is 9.51. The maximum Gasteiger partial charge on any atom is 0.341 e. The standard InChI is InChI=1S/C19H22BrNO3S/c1-11-15(12-6-8-13(20)9-7-12)16(18(23)24-5)17(25-11)21-14(22)10-19(2,3)4/h6-9H,10H2,1-5H3,(H,21,22). The molecule has 134 valence electrons. The zero-order valence-electron chi connectivity index (χ0n) is 15.0. The predicted octanol–water partition coefficient (Wildman–Crippen LogP) is 5.65. The number of carbonyl (C=O) groups excluding carboxylic acids is 2. The van der Waals surface area contributed by atoms with Gasteiger partial charge >= 0.3 is 5.97 Å². The van der Waals surface area contributed by atoms with Crippen LogP contribution in [0.3, 0.4) is 0 Å². The van der Waals surface area contributed by atoms with Gasteiger partial charge in [0.1, 0.15) is 10.6 Å². The van der Waals surface area contributed by atoms with Crippen LogP contribution < -0.4 is 5.32 Å². The number of halogens is 1. The molecule has 6 heteroatoms. The summed E-state index contributed by atoms with van der Waals surface area (Å²) in [6, 6.07) is 7.72. The summed E-state index contributed by atoms with van der Waals surface area (Å²) in [7, 11) is 1.35. The number of amides is 1. The molecule has 25 heavy (non-hydrogen) atoms. The summed E-state index contributed by atoms with van der Waals surface area (Å²) in [5.74, 6) is -0.561. The van der Waals surface area contributed by atoms with Crippen molar-refractivity contribution >= 4 is 44.1 Å². The van der Waals surface area contributed by atoms with Crippen LogP contribution in [0.15, 0.2) is 28.7 Å². The van der Waals surface area contributed by atoms with E-state index in [4.69, 9.17) is 4.74 Å². The van der Waals surface area contributed by atoms with Crippen molar-refractivity contribution in [2.75, 3.05) is 12.4 Å². The second-order valence-electron chi connectivity index (χ2n) is 7.02. The first kappa shape index (κ1) is 19.7. The van der Waals surface area contributed by atoms with Crippen LogP contribution in [0.1, 0.15) is 42.4 Å². The minimum Gasteiger partial charge on any atom is -0.465 e. The molecule has 0 unspecified atom stereocenters. The molecular formula is C19H22BrNO3S. The van der Waals surface area contributed by atoms with Gasteiger partial charge in [0.15, 0.2) is 0 Å². The van der Waals surface area contributed by atoms with Crippen molar-refractivity contribution < 1.29 is 14.3 Å². The van der Waals surface area contributed by atoms with E-state index < -0.39 is 5.97 Å². The van der Waals surface area contributed by atoms with Crippen LogP contribution in [0.25, 0.3) is 11.1 Å². The SMILES string of the molecule is COC(=O)c1c(NC(=O)CC(C)(C)C)sc(C)c1-c1ccc(Br)cc1. The molecule has 0 atom stereocenters. The van der Waals surface area contributed by atoms with Gasteiger partial charge in [0.2, 0.25) is 5.91 Å². The van der Waals surface area contributed by atoms with Gasteiger partial charge in [-0.2, -0.15) is 0 Å². The number of hydrogen-bond acceptors (Lipinski definition) is 4. The molecule has 2 aromatic rings. The van der Waals surface area contributed by atoms with Gasteiger partial charge in [0.05, 0.1) is 7.11 Å². The molecule has 4 nitrogen and oxygen atoms in total. The van der Waals surface area contributed by atoms with E-state index in [1.54, 1.807) is 0 Å². The lowest BCUT2D eigenvalue weighted by atomic mass is 9.92. The Hall–Kier alpha value is -1.66. The third-order valence-electron chi connectivity index (χ3n) is 3.55. The Morgan fingerprint density at radius 1 is 1.20 bits per heavy atom. The van der Waals surface area contributed by atoms with Gasteiger partial charge in [-0.3, -0.25) is 4.79 Å². The molecule has 0 spiro atoms. The van der Waals surface area contributed by atoms with Gasteiger partial charge in [-0.1, -0.05) is 48.8 Å². The second kappa shape index (κ2) is 7.70. The average molecular weight is 424 g/mol. The molecule has 2 rings (SSSR count). The molecule has 0 fully saturated rings. The number of thiophene rings is 1. The number of benzene rings is 1. The number of ether oxygens (including phenoxy) is 1. The zero-order chi connectivity index (χ0) is 18.8. The lowest BCUT2D eigenvalue weighted by Crippen LogP contribution is -2.20. The largest absolute Gasteiger partial charge is 0.465 e. The molecule has 1 heterocycles. The summed E-state index contributed by atoms with van der Waals surface area (Å²) < 4.78 is 5.93. The summed E-state index contributed by atoms with van der Waals surface area (Å²) in [6.07, 6.45) is 0.373.